The Labute approximate surface area is 124 Å². The first kappa shape index (κ1) is 13.9. The van der Waals surface area contributed by atoms with Gasteiger partial charge >= 0.3 is 0 Å². The van der Waals surface area contributed by atoms with Gasteiger partial charge in [0, 0.05) is 38.4 Å². The van der Waals surface area contributed by atoms with Crippen LogP contribution in [-0.2, 0) is 11.2 Å². The van der Waals surface area contributed by atoms with Gasteiger partial charge in [-0.1, -0.05) is 0 Å². The first-order chi connectivity index (χ1) is 10.1. The van der Waals surface area contributed by atoms with Gasteiger partial charge in [0.1, 0.15) is 6.04 Å². The molecule has 2 heterocycles. The van der Waals surface area contributed by atoms with Crippen LogP contribution < -0.4 is 5.32 Å². The highest BCUT2D eigenvalue weighted by atomic mass is 16.2. The highest BCUT2D eigenvalue weighted by Gasteiger charge is 2.35. The van der Waals surface area contributed by atoms with E-state index in [-0.39, 0.29) is 17.9 Å². The lowest BCUT2D eigenvalue weighted by molar-refractivity contribution is -0.132. The maximum atomic E-state index is 12.7. The number of carbonyl (C=O) groups excluding carboxylic acids is 2. The summed E-state index contributed by atoms with van der Waals surface area (Å²) in [7, 11) is 3.48. The van der Waals surface area contributed by atoms with Crippen LogP contribution in [0.15, 0.2) is 18.2 Å². The number of carbonyl (C=O) groups is 2. The Kier molecular flexibility index (Phi) is 3.57. The van der Waals surface area contributed by atoms with Crippen molar-refractivity contribution in [3.63, 3.8) is 0 Å². The third-order valence-electron chi connectivity index (χ3n) is 4.30. The minimum Gasteiger partial charge on any atom is -0.384 e. The smallest absolute Gasteiger partial charge is 0.254 e. The zero-order chi connectivity index (χ0) is 15.0. The summed E-state index contributed by atoms with van der Waals surface area (Å²) in [5.41, 5.74) is 3.00. The zero-order valence-electron chi connectivity index (χ0n) is 12.6. The average Bonchev–Trinajstić information content (AvgIpc) is 3.13. The van der Waals surface area contributed by atoms with Crippen molar-refractivity contribution in [2.24, 2.45) is 0 Å². The van der Waals surface area contributed by atoms with Crippen LogP contribution in [-0.4, -0.2) is 54.8 Å². The summed E-state index contributed by atoms with van der Waals surface area (Å²) < 4.78 is 0. The molecule has 1 aromatic carbocycles. The summed E-state index contributed by atoms with van der Waals surface area (Å²) in [5, 5.41) is 3.29. The molecule has 112 valence electrons. The predicted molar refractivity (Wildman–Crippen MR) is 81.4 cm³/mol. The molecule has 21 heavy (non-hydrogen) atoms. The summed E-state index contributed by atoms with van der Waals surface area (Å²) in [6.07, 6.45) is 2.61. The van der Waals surface area contributed by atoms with Gasteiger partial charge in [0.25, 0.3) is 5.91 Å². The molecule has 5 nitrogen and oxygen atoms in total. The van der Waals surface area contributed by atoms with E-state index in [0.29, 0.717) is 12.1 Å². The van der Waals surface area contributed by atoms with Crippen molar-refractivity contribution >= 4 is 17.5 Å². The maximum absolute atomic E-state index is 12.7. The molecule has 3 rings (SSSR count). The fraction of sp³-hybridized carbons (Fsp3) is 0.500. The monoisotopic (exact) mass is 287 g/mol. The summed E-state index contributed by atoms with van der Waals surface area (Å²) >= 11 is 0. The van der Waals surface area contributed by atoms with E-state index in [2.05, 4.69) is 5.32 Å². The second-order valence-electron chi connectivity index (χ2n) is 5.94. The minimum atomic E-state index is -0.307. The maximum Gasteiger partial charge on any atom is 0.254 e. The Bertz CT molecular complexity index is 583. The molecule has 1 aromatic rings. The molecule has 0 aliphatic carbocycles. The summed E-state index contributed by atoms with van der Waals surface area (Å²) in [4.78, 5) is 28.2. The largest absolute Gasteiger partial charge is 0.384 e. The molecule has 0 spiro atoms. The van der Waals surface area contributed by atoms with Crippen LogP contribution in [0.4, 0.5) is 5.69 Å². The third kappa shape index (κ3) is 2.48. The van der Waals surface area contributed by atoms with E-state index >= 15 is 0 Å². The first-order valence-corrected chi connectivity index (χ1v) is 7.47. The lowest BCUT2D eigenvalue weighted by atomic mass is 10.1. The Morgan fingerprint density at radius 1 is 1.33 bits per heavy atom. The summed E-state index contributed by atoms with van der Waals surface area (Å²) in [6, 6.07) is 5.48. The molecule has 0 radical (unpaired) electrons. The topological polar surface area (TPSA) is 52.7 Å². The van der Waals surface area contributed by atoms with Gasteiger partial charge in [0.15, 0.2) is 0 Å². The van der Waals surface area contributed by atoms with Crippen molar-refractivity contribution < 1.29 is 9.59 Å². The zero-order valence-corrected chi connectivity index (χ0v) is 12.6. The van der Waals surface area contributed by atoms with Crippen molar-refractivity contribution in [2.75, 3.05) is 32.5 Å². The van der Waals surface area contributed by atoms with Gasteiger partial charge in [-0.05, 0) is 43.0 Å². The standard InChI is InChI=1S/C16H21N3O2/c1-18(2)16(21)14-4-3-9-19(14)15(20)12-5-6-13-11(10-12)7-8-17-13/h5-6,10,14,17H,3-4,7-9H2,1-2H3. The average molecular weight is 287 g/mol. The number of rotatable bonds is 2. The van der Waals surface area contributed by atoms with Gasteiger partial charge in [-0.2, -0.15) is 0 Å². The van der Waals surface area contributed by atoms with E-state index in [1.165, 1.54) is 5.56 Å². The number of amides is 2. The molecule has 1 unspecified atom stereocenters. The number of anilines is 1. The highest BCUT2D eigenvalue weighted by Crippen LogP contribution is 2.26. The van der Waals surface area contributed by atoms with Crippen LogP contribution in [0, 0.1) is 0 Å². The first-order valence-electron chi connectivity index (χ1n) is 7.47. The van der Waals surface area contributed by atoms with Crippen molar-refractivity contribution in [1.29, 1.82) is 0 Å². The number of nitrogens with zero attached hydrogens (tertiary/aromatic N) is 2. The van der Waals surface area contributed by atoms with Crippen molar-refractivity contribution in [3.8, 4) is 0 Å². The molecule has 0 saturated carbocycles. The van der Waals surface area contributed by atoms with Gasteiger partial charge in [0.05, 0.1) is 0 Å². The fourth-order valence-corrected chi connectivity index (χ4v) is 3.17. The van der Waals surface area contributed by atoms with Gasteiger partial charge < -0.3 is 15.1 Å². The molecule has 5 heteroatoms. The molecule has 2 aliphatic rings. The summed E-state index contributed by atoms with van der Waals surface area (Å²) in [6.45, 7) is 1.59. The molecule has 2 aliphatic heterocycles. The third-order valence-corrected chi connectivity index (χ3v) is 4.30. The van der Waals surface area contributed by atoms with E-state index in [1.54, 1.807) is 23.9 Å². The van der Waals surface area contributed by atoms with Crippen LogP contribution in [0.5, 0.6) is 0 Å². The van der Waals surface area contributed by atoms with E-state index in [1.807, 2.05) is 18.2 Å². The molecule has 1 saturated heterocycles. The van der Waals surface area contributed by atoms with Gasteiger partial charge in [-0.15, -0.1) is 0 Å². The van der Waals surface area contributed by atoms with E-state index in [0.717, 1.165) is 31.5 Å². The van der Waals surface area contributed by atoms with Crippen LogP contribution >= 0.6 is 0 Å². The lowest BCUT2D eigenvalue weighted by Gasteiger charge is -2.26. The lowest BCUT2D eigenvalue weighted by Crippen LogP contribution is -2.45. The second kappa shape index (κ2) is 5.39. The van der Waals surface area contributed by atoms with Gasteiger partial charge in [-0.25, -0.2) is 0 Å². The predicted octanol–water partition coefficient (Wildman–Crippen LogP) is 1.35. The van der Waals surface area contributed by atoms with Crippen LogP contribution in [0.3, 0.4) is 0 Å². The molecule has 1 N–H and O–H groups in total. The van der Waals surface area contributed by atoms with Crippen molar-refractivity contribution in [1.82, 2.24) is 9.80 Å². The molecule has 1 atom stereocenters. The van der Waals surface area contributed by atoms with E-state index in [4.69, 9.17) is 0 Å². The molecular weight excluding hydrogens is 266 g/mol. The Hall–Kier alpha value is -2.04. The number of hydrogen-bond acceptors (Lipinski definition) is 3. The van der Waals surface area contributed by atoms with Gasteiger partial charge in [-0.3, -0.25) is 9.59 Å². The quantitative estimate of drug-likeness (QED) is 0.893. The van der Waals surface area contributed by atoms with E-state index in [9.17, 15) is 9.59 Å². The molecule has 1 fully saturated rings. The number of likely N-dealkylation sites (tertiary alicyclic amines) is 1. The number of nitrogens with one attached hydrogen (secondary N) is 1. The minimum absolute atomic E-state index is 0.0173. The molecule has 0 bridgehead atoms. The molecular formula is C16H21N3O2. The number of hydrogen-bond donors (Lipinski definition) is 1. The Morgan fingerprint density at radius 2 is 2.14 bits per heavy atom. The summed E-state index contributed by atoms with van der Waals surface area (Å²) in [5.74, 6) is -0.00826. The Balaban J connectivity index is 1.82. The molecule has 2 amide bonds. The van der Waals surface area contributed by atoms with Crippen LogP contribution in [0.25, 0.3) is 0 Å². The number of benzene rings is 1. The fourth-order valence-electron chi connectivity index (χ4n) is 3.17. The van der Waals surface area contributed by atoms with Gasteiger partial charge in [0.2, 0.25) is 5.91 Å². The Morgan fingerprint density at radius 3 is 2.90 bits per heavy atom. The second-order valence-corrected chi connectivity index (χ2v) is 5.94. The van der Waals surface area contributed by atoms with Crippen molar-refractivity contribution in [2.45, 2.75) is 25.3 Å². The highest BCUT2D eigenvalue weighted by molar-refractivity contribution is 5.98. The van der Waals surface area contributed by atoms with Crippen molar-refractivity contribution in [3.05, 3.63) is 29.3 Å². The molecule has 0 aromatic heterocycles. The normalized spacial score (nSPS) is 20.1. The van der Waals surface area contributed by atoms with Crippen LogP contribution in [0.2, 0.25) is 0 Å². The number of fused-ring (bicyclic) bond motifs is 1. The SMILES string of the molecule is CN(C)C(=O)C1CCCN1C(=O)c1ccc2c(c1)CCN2. The number of likely N-dealkylation sites (N-methyl/N-ethyl adjacent to an activating group) is 1. The van der Waals surface area contributed by atoms with E-state index < -0.39 is 0 Å². The van der Waals surface area contributed by atoms with Crippen LogP contribution in [0.1, 0.15) is 28.8 Å².